The highest BCUT2D eigenvalue weighted by Crippen LogP contribution is 2.30. The van der Waals surface area contributed by atoms with Gasteiger partial charge >= 0.3 is 0 Å². The van der Waals surface area contributed by atoms with Crippen LogP contribution in [0.3, 0.4) is 0 Å². The molecule has 0 aliphatic carbocycles. The van der Waals surface area contributed by atoms with E-state index in [0.29, 0.717) is 42.5 Å². The van der Waals surface area contributed by atoms with Crippen LogP contribution in [0.15, 0.2) is 36.4 Å². The summed E-state index contributed by atoms with van der Waals surface area (Å²) in [5, 5.41) is 0. The van der Waals surface area contributed by atoms with Crippen molar-refractivity contribution in [1.29, 1.82) is 0 Å². The molecule has 0 aliphatic heterocycles. The molecule has 0 atom stereocenters. The minimum Gasteiger partial charge on any atom is -0.490 e. The minimum atomic E-state index is -0.993. The number of hydrogen-bond donors (Lipinski definition) is 0. The second kappa shape index (κ2) is 9.17. The number of amides is 1. The number of halogens is 2. The Balaban J connectivity index is 2.33. The van der Waals surface area contributed by atoms with E-state index in [1.807, 2.05) is 13.8 Å². The normalized spacial score (nSPS) is 10.5. The molecule has 0 spiro atoms. The summed E-state index contributed by atoms with van der Waals surface area (Å²) < 4.78 is 37.9. The van der Waals surface area contributed by atoms with Crippen LogP contribution in [-0.4, -0.2) is 25.7 Å². The second-order valence-corrected chi connectivity index (χ2v) is 5.59. The summed E-state index contributed by atoms with van der Waals surface area (Å²) in [5.74, 6) is -1.23. The van der Waals surface area contributed by atoms with Gasteiger partial charge in [-0.2, -0.15) is 0 Å². The summed E-state index contributed by atoms with van der Waals surface area (Å²) in [5.41, 5.74) is 0.671. The van der Waals surface area contributed by atoms with Crippen LogP contribution < -0.4 is 14.4 Å². The summed E-state index contributed by atoms with van der Waals surface area (Å²) in [6, 6.07) is 8.33. The molecule has 26 heavy (non-hydrogen) atoms. The van der Waals surface area contributed by atoms with Crippen LogP contribution in [0, 0.1) is 11.6 Å². The molecule has 0 N–H and O–H groups in total. The minimum absolute atomic E-state index is 0.292. The van der Waals surface area contributed by atoms with Gasteiger partial charge in [0.05, 0.1) is 13.2 Å². The lowest BCUT2D eigenvalue weighted by Gasteiger charge is -2.22. The molecule has 0 saturated heterocycles. The second-order valence-electron chi connectivity index (χ2n) is 5.59. The first-order valence-electron chi connectivity index (χ1n) is 8.68. The number of ether oxygens (including phenoxy) is 2. The van der Waals surface area contributed by atoms with Crippen molar-refractivity contribution in [2.75, 3.05) is 24.7 Å². The predicted octanol–water partition coefficient (Wildman–Crippen LogP) is 4.82. The molecule has 1 amide bonds. The monoisotopic (exact) mass is 363 g/mol. The molecule has 0 fully saturated rings. The molecular weight excluding hydrogens is 340 g/mol. The molecule has 0 radical (unpaired) electrons. The Hall–Kier alpha value is -2.63. The molecule has 2 aromatic rings. The molecular formula is C20H23F2NO3. The molecule has 6 heteroatoms. The van der Waals surface area contributed by atoms with Crippen molar-refractivity contribution >= 4 is 11.6 Å². The SMILES string of the molecule is CCCOc1ccc(C(=O)N(CC)c2ccc(F)c(F)c2)cc1OCC. The molecule has 0 unspecified atom stereocenters. The zero-order valence-electron chi connectivity index (χ0n) is 15.2. The third-order valence-electron chi connectivity index (χ3n) is 3.73. The summed E-state index contributed by atoms with van der Waals surface area (Å²) in [6.45, 7) is 6.89. The largest absolute Gasteiger partial charge is 0.490 e. The van der Waals surface area contributed by atoms with Gasteiger partial charge < -0.3 is 14.4 Å². The van der Waals surface area contributed by atoms with Crippen molar-refractivity contribution in [1.82, 2.24) is 0 Å². The number of benzene rings is 2. The molecule has 0 aliphatic rings. The van der Waals surface area contributed by atoms with Gasteiger partial charge in [0.15, 0.2) is 23.1 Å². The number of hydrogen-bond acceptors (Lipinski definition) is 3. The molecule has 140 valence electrons. The maximum absolute atomic E-state index is 13.5. The van der Waals surface area contributed by atoms with Crippen LogP contribution in [0.4, 0.5) is 14.5 Å². The lowest BCUT2D eigenvalue weighted by Crippen LogP contribution is -2.30. The molecule has 0 aromatic heterocycles. The van der Waals surface area contributed by atoms with E-state index >= 15 is 0 Å². The van der Waals surface area contributed by atoms with E-state index in [0.717, 1.165) is 18.6 Å². The van der Waals surface area contributed by atoms with Gasteiger partial charge in [0.1, 0.15) is 0 Å². The lowest BCUT2D eigenvalue weighted by molar-refractivity contribution is 0.0987. The van der Waals surface area contributed by atoms with E-state index in [4.69, 9.17) is 9.47 Å². The van der Waals surface area contributed by atoms with Crippen molar-refractivity contribution in [2.24, 2.45) is 0 Å². The van der Waals surface area contributed by atoms with Gasteiger partial charge in [-0.1, -0.05) is 6.92 Å². The lowest BCUT2D eigenvalue weighted by atomic mass is 10.1. The van der Waals surface area contributed by atoms with E-state index in [1.54, 1.807) is 25.1 Å². The number of rotatable bonds is 8. The molecule has 0 heterocycles. The van der Waals surface area contributed by atoms with E-state index in [-0.39, 0.29) is 5.91 Å². The summed E-state index contributed by atoms with van der Waals surface area (Å²) >= 11 is 0. The van der Waals surface area contributed by atoms with Crippen LogP contribution in [-0.2, 0) is 0 Å². The number of carbonyl (C=O) groups is 1. The molecule has 0 saturated carbocycles. The van der Waals surface area contributed by atoms with Gasteiger partial charge in [0.25, 0.3) is 5.91 Å². The molecule has 2 aromatic carbocycles. The van der Waals surface area contributed by atoms with Gasteiger partial charge in [-0.3, -0.25) is 4.79 Å². The highest BCUT2D eigenvalue weighted by atomic mass is 19.2. The summed E-state index contributed by atoms with van der Waals surface area (Å²) in [6.07, 6.45) is 0.853. The van der Waals surface area contributed by atoms with Gasteiger partial charge in [-0.15, -0.1) is 0 Å². The zero-order chi connectivity index (χ0) is 19.1. The Morgan fingerprint density at radius 1 is 0.962 bits per heavy atom. The molecule has 4 nitrogen and oxygen atoms in total. The fourth-order valence-electron chi connectivity index (χ4n) is 2.49. The third kappa shape index (κ3) is 4.50. The third-order valence-corrected chi connectivity index (χ3v) is 3.73. The van der Waals surface area contributed by atoms with Crippen LogP contribution in [0.2, 0.25) is 0 Å². The summed E-state index contributed by atoms with van der Waals surface area (Å²) in [7, 11) is 0. The maximum Gasteiger partial charge on any atom is 0.258 e. The maximum atomic E-state index is 13.5. The Labute approximate surface area is 152 Å². The Bertz CT molecular complexity index is 765. The van der Waals surface area contributed by atoms with Gasteiger partial charge in [0.2, 0.25) is 0 Å². The van der Waals surface area contributed by atoms with Crippen molar-refractivity contribution in [2.45, 2.75) is 27.2 Å². The smallest absolute Gasteiger partial charge is 0.258 e. The fourth-order valence-corrected chi connectivity index (χ4v) is 2.49. The number of carbonyl (C=O) groups excluding carboxylic acids is 1. The van der Waals surface area contributed by atoms with E-state index in [2.05, 4.69) is 0 Å². The Morgan fingerprint density at radius 2 is 1.73 bits per heavy atom. The van der Waals surface area contributed by atoms with Crippen molar-refractivity contribution in [3.63, 3.8) is 0 Å². The first-order chi connectivity index (χ1) is 12.5. The fraction of sp³-hybridized carbons (Fsp3) is 0.350. The average Bonchev–Trinajstić information content (AvgIpc) is 2.64. The van der Waals surface area contributed by atoms with E-state index in [1.165, 1.54) is 11.0 Å². The standard InChI is InChI=1S/C20H23F2NO3/c1-4-11-26-18-10-7-14(12-19(18)25-6-3)20(24)23(5-2)15-8-9-16(21)17(22)13-15/h7-10,12-13H,4-6,11H2,1-3H3. The van der Waals surface area contributed by atoms with Gasteiger partial charge in [0, 0.05) is 23.9 Å². The predicted molar refractivity (Wildman–Crippen MR) is 97.1 cm³/mol. The number of anilines is 1. The van der Waals surface area contributed by atoms with E-state index in [9.17, 15) is 13.6 Å². The first kappa shape index (κ1) is 19.7. The highest BCUT2D eigenvalue weighted by molar-refractivity contribution is 6.06. The number of nitrogens with zero attached hydrogens (tertiary/aromatic N) is 1. The van der Waals surface area contributed by atoms with Crippen LogP contribution in [0.25, 0.3) is 0 Å². The van der Waals surface area contributed by atoms with Gasteiger partial charge in [-0.05, 0) is 50.6 Å². The van der Waals surface area contributed by atoms with Gasteiger partial charge in [-0.25, -0.2) is 8.78 Å². The zero-order valence-corrected chi connectivity index (χ0v) is 15.2. The topological polar surface area (TPSA) is 38.8 Å². The van der Waals surface area contributed by atoms with Crippen molar-refractivity contribution in [3.05, 3.63) is 53.6 Å². The Morgan fingerprint density at radius 3 is 2.35 bits per heavy atom. The van der Waals surface area contributed by atoms with Crippen molar-refractivity contribution < 1.29 is 23.0 Å². The Kier molecular flexibility index (Phi) is 6.95. The van der Waals surface area contributed by atoms with Crippen LogP contribution in [0.1, 0.15) is 37.6 Å². The highest BCUT2D eigenvalue weighted by Gasteiger charge is 2.19. The average molecular weight is 363 g/mol. The van der Waals surface area contributed by atoms with Crippen LogP contribution in [0.5, 0.6) is 11.5 Å². The quantitative estimate of drug-likeness (QED) is 0.675. The summed E-state index contributed by atoms with van der Waals surface area (Å²) in [4.78, 5) is 14.2. The first-order valence-corrected chi connectivity index (χ1v) is 8.68. The molecule has 2 rings (SSSR count). The van der Waals surface area contributed by atoms with Crippen LogP contribution >= 0.6 is 0 Å². The molecule has 0 bridgehead atoms. The van der Waals surface area contributed by atoms with Crippen molar-refractivity contribution in [3.8, 4) is 11.5 Å². The van der Waals surface area contributed by atoms with E-state index < -0.39 is 11.6 Å².